The average Bonchev–Trinajstić information content (AvgIpc) is 2.88. The molecule has 0 bridgehead atoms. The lowest BCUT2D eigenvalue weighted by Crippen LogP contribution is -2.31. The Hall–Kier alpha value is -1.61. The summed E-state index contributed by atoms with van der Waals surface area (Å²) in [4.78, 5) is 6.94. The summed E-state index contributed by atoms with van der Waals surface area (Å²) in [6.45, 7) is 6.86. The number of rotatable bonds is 3. The minimum absolute atomic E-state index is 0.549. The molecular formula is C16H21N3. The zero-order valence-electron chi connectivity index (χ0n) is 11.6. The lowest BCUT2D eigenvalue weighted by molar-refractivity contribution is 0.274. The third-order valence-electron chi connectivity index (χ3n) is 3.96. The smallest absolute Gasteiger partial charge is 0.0722 e. The van der Waals surface area contributed by atoms with Crippen LogP contribution in [0.25, 0.3) is 10.9 Å². The Bertz CT molecular complexity index is 559. The number of nitrogens with zero attached hydrogens (tertiary/aromatic N) is 2. The average molecular weight is 255 g/mol. The summed E-state index contributed by atoms with van der Waals surface area (Å²) in [7, 11) is 0. The lowest BCUT2D eigenvalue weighted by atomic mass is 10.1. The molecule has 2 heterocycles. The van der Waals surface area contributed by atoms with Gasteiger partial charge in [0, 0.05) is 42.4 Å². The molecule has 19 heavy (non-hydrogen) atoms. The number of fused-ring (bicyclic) bond motifs is 1. The number of likely N-dealkylation sites (tertiary alicyclic amines) is 1. The van der Waals surface area contributed by atoms with Crippen LogP contribution < -0.4 is 5.32 Å². The van der Waals surface area contributed by atoms with E-state index in [0.29, 0.717) is 12.1 Å². The molecular weight excluding hydrogens is 234 g/mol. The van der Waals surface area contributed by atoms with E-state index in [0.717, 1.165) is 12.1 Å². The van der Waals surface area contributed by atoms with Crippen LogP contribution in [0.15, 0.2) is 36.5 Å². The van der Waals surface area contributed by atoms with Crippen LogP contribution in [0, 0.1) is 0 Å². The van der Waals surface area contributed by atoms with Gasteiger partial charge in [0.05, 0.1) is 5.52 Å². The molecule has 0 radical (unpaired) electrons. The fourth-order valence-electron chi connectivity index (χ4n) is 2.82. The largest absolute Gasteiger partial charge is 0.380 e. The van der Waals surface area contributed by atoms with Gasteiger partial charge < -0.3 is 5.32 Å². The minimum Gasteiger partial charge on any atom is -0.380 e. The highest BCUT2D eigenvalue weighted by molar-refractivity contribution is 5.91. The monoisotopic (exact) mass is 255 g/mol. The van der Waals surface area contributed by atoms with Crippen LogP contribution in [-0.4, -0.2) is 35.1 Å². The second kappa shape index (κ2) is 5.17. The molecule has 1 aliphatic heterocycles. The molecule has 3 nitrogen and oxygen atoms in total. The highest BCUT2D eigenvalue weighted by Crippen LogP contribution is 2.24. The summed E-state index contributed by atoms with van der Waals surface area (Å²) in [6, 6.07) is 11.6. The normalized spacial score (nSPS) is 20.3. The molecule has 1 unspecified atom stereocenters. The fraction of sp³-hybridized carbons (Fsp3) is 0.438. The first-order valence-corrected chi connectivity index (χ1v) is 7.08. The van der Waals surface area contributed by atoms with Crippen LogP contribution in [0.4, 0.5) is 5.69 Å². The number of pyridine rings is 1. The second-order valence-electron chi connectivity index (χ2n) is 5.59. The maximum Gasteiger partial charge on any atom is 0.0722 e. The Morgan fingerprint density at radius 3 is 2.95 bits per heavy atom. The van der Waals surface area contributed by atoms with Crippen LogP contribution in [-0.2, 0) is 0 Å². The summed E-state index contributed by atoms with van der Waals surface area (Å²) in [6.07, 6.45) is 3.07. The Labute approximate surface area is 114 Å². The SMILES string of the molecule is CC(C)N1CCC(Nc2cccc3ncccc23)C1. The van der Waals surface area contributed by atoms with E-state index in [2.05, 4.69) is 53.3 Å². The van der Waals surface area contributed by atoms with Gasteiger partial charge in [0.2, 0.25) is 0 Å². The van der Waals surface area contributed by atoms with E-state index in [-0.39, 0.29) is 0 Å². The van der Waals surface area contributed by atoms with E-state index >= 15 is 0 Å². The first kappa shape index (κ1) is 12.4. The third-order valence-corrected chi connectivity index (χ3v) is 3.96. The van der Waals surface area contributed by atoms with Crippen molar-refractivity contribution in [3.05, 3.63) is 36.5 Å². The summed E-state index contributed by atoms with van der Waals surface area (Å²) < 4.78 is 0. The molecule has 0 spiro atoms. The molecule has 1 aliphatic rings. The summed E-state index contributed by atoms with van der Waals surface area (Å²) >= 11 is 0. The van der Waals surface area contributed by atoms with Gasteiger partial charge in [-0.2, -0.15) is 0 Å². The highest BCUT2D eigenvalue weighted by atomic mass is 15.2. The number of hydrogen-bond donors (Lipinski definition) is 1. The van der Waals surface area contributed by atoms with E-state index < -0.39 is 0 Å². The van der Waals surface area contributed by atoms with Gasteiger partial charge in [-0.25, -0.2) is 0 Å². The van der Waals surface area contributed by atoms with Gasteiger partial charge in [-0.3, -0.25) is 9.88 Å². The van der Waals surface area contributed by atoms with Crippen LogP contribution in [0.5, 0.6) is 0 Å². The molecule has 1 N–H and O–H groups in total. The Kier molecular flexibility index (Phi) is 3.38. The zero-order valence-corrected chi connectivity index (χ0v) is 11.6. The van der Waals surface area contributed by atoms with Crippen LogP contribution >= 0.6 is 0 Å². The number of aromatic nitrogens is 1. The number of anilines is 1. The van der Waals surface area contributed by atoms with E-state index in [9.17, 15) is 0 Å². The molecule has 1 atom stereocenters. The van der Waals surface area contributed by atoms with Crippen LogP contribution in [0.1, 0.15) is 20.3 Å². The van der Waals surface area contributed by atoms with Gasteiger partial charge in [-0.1, -0.05) is 6.07 Å². The molecule has 2 aromatic rings. The van der Waals surface area contributed by atoms with Crippen molar-refractivity contribution in [2.45, 2.75) is 32.4 Å². The molecule has 1 saturated heterocycles. The van der Waals surface area contributed by atoms with Crippen molar-refractivity contribution in [2.24, 2.45) is 0 Å². The molecule has 0 aliphatic carbocycles. The summed E-state index contributed by atoms with van der Waals surface area (Å²) in [5, 5.41) is 4.90. The maximum absolute atomic E-state index is 4.41. The lowest BCUT2D eigenvalue weighted by Gasteiger charge is -2.21. The van der Waals surface area contributed by atoms with Crippen molar-refractivity contribution in [2.75, 3.05) is 18.4 Å². The number of benzene rings is 1. The van der Waals surface area contributed by atoms with Crippen molar-refractivity contribution in [1.29, 1.82) is 0 Å². The highest BCUT2D eigenvalue weighted by Gasteiger charge is 2.24. The van der Waals surface area contributed by atoms with Gasteiger partial charge in [-0.15, -0.1) is 0 Å². The second-order valence-corrected chi connectivity index (χ2v) is 5.59. The predicted molar refractivity (Wildman–Crippen MR) is 80.5 cm³/mol. The zero-order chi connectivity index (χ0) is 13.2. The molecule has 3 rings (SSSR count). The van der Waals surface area contributed by atoms with Crippen molar-refractivity contribution in [3.8, 4) is 0 Å². The topological polar surface area (TPSA) is 28.2 Å². The number of nitrogens with one attached hydrogen (secondary N) is 1. The van der Waals surface area contributed by atoms with Crippen LogP contribution in [0.3, 0.4) is 0 Å². The molecule has 0 saturated carbocycles. The Morgan fingerprint density at radius 1 is 1.26 bits per heavy atom. The first-order valence-electron chi connectivity index (χ1n) is 7.08. The van der Waals surface area contributed by atoms with E-state index in [1.165, 1.54) is 24.0 Å². The molecule has 0 amide bonds. The van der Waals surface area contributed by atoms with Crippen molar-refractivity contribution in [3.63, 3.8) is 0 Å². The van der Waals surface area contributed by atoms with E-state index in [1.807, 2.05) is 12.3 Å². The van der Waals surface area contributed by atoms with E-state index in [1.54, 1.807) is 0 Å². The molecule has 1 aromatic carbocycles. The fourth-order valence-corrected chi connectivity index (χ4v) is 2.82. The molecule has 1 aromatic heterocycles. The summed E-state index contributed by atoms with van der Waals surface area (Å²) in [5.74, 6) is 0. The third kappa shape index (κ3) is 2.56. The van der Waals surface area contributed by atoms with Crippen molar-refractivity contribution < 1.29 is 0 Å². The standard InChI is InChI=1S/C16H21N3/c1-12(2)19-10-8-13(11-19)18-16-7-3-6-15-14(16)5-4-9-17-15/h3-7,9,12-13,18H,8,10-11H2,1-2H3. The minimum atomic E-state index is 0.549. The van der Waals surface area contributed by atoms with Crippen molar-refractivity contribution >= 4 is 16.6 Å². The summed E-state index contributed by atoms with van der Waals surface area (Å²) in [5.41, 5.74) is 2.27. The first-order chi connectivity index (χ1) is 9.24. The van der Waals surface area contributed by atoms with Crippen molar-refractivity contribution in [1.82, 2.24) is 9.88 Å². The van der Waals surface area contributed by atoms with Gasteiger partial charge in [0.15, 0.2) is 0 Å². The maximum atomic E-state index is 4.41. The van der Waals surface area contributed by atoms with E-state index in [4.69, 9.17) is 0 Å². The van der Waals surface area contributed by atoms with Crippen LogP contribution in [0.2, 0.25) is 0 Å². The molecule has 100 valence electrons. The molecule has 1 fully saturated rings. The Balaban J connectivity index is 1.79. The van der Waals surface area contributed by atoms with Gasteiger partial charge in [0.25, 0.3) is 0 Å². The predicted octanol–water partition coefficient (Wildman–Crippen LogP) is 3.13. The Morgan fingerprint density at radius 2 is 2.16 bits per heavy atom. The van der Waals surface area contributed by atoms with Gasteiger partial charge in [-0.05, 0) is 44.5 Å². The van der Waals surface area contributed by atoms with Gasteiger partial charge >= 0.3 is 0 Å². The van der Waals surface area contributed by atoms with Gasteiger partial charge in [0.1, 0.15) is 0 Å². The quantitative estimate of drug-likeness (QED) is 0.913. The molecule has 3 heteroatoms. The number of hydrogen-bond acceptors (Lipinski definition) is 3.